The lowest BCUT2D eigenvalue weighted by Crippen LogP contribution is -2.39. The third-order valence-electron chi connectivity index (χ3n) is 3.30. The fourth-order valence-electron chi connectivity index (χ4n) is 2.51. The van der Waals surface area contributed by atoms with E-state index >= 15 is 0 Å². The standard InChI is InChI=1S/C13H18N2/c1-2-13(15-14)12-9-5-7-10-6-3-4-8-11(10)12/h2-4,6,8,12-13,15H,1,5,7,9,14H2. The highest BCUT2D eigenvalue weighted by Crippen LogP contribution is 2.33. The van der Waals surface area contributed by atoms with Gasteiger partial charge in [-0.1, -0.05) is 30.3 Å². The van der Waals surface area contributed by atoms with Gasteiger partial charge >= 0.3 is 0 Å². The van der Waals surface area contributed by atoms with Gasteiger partial charge in [-0.15, -0.1) is 6.58 Å². The number of rotatable bonds is 3. The Morgan fingerprint density at radius 1 is 1.47 bits per heavy atom. The number of hydrogen-bond acceptors (Lipinski definition) is 2. The molecule has 3 N–H and O–H groups in total. The monoisotopic (exact) mass is 202 g/mol. The third-order valence-corrected chi connectivity index (χ3v) is 3.30. The van der Waals surface area contributed by atoms with Gasteiger partial charge in [-0.25, -0.2) is 0 Å². The zero-order valence-corrected chi connectivity index (χ0v) is 8.95. The minimum absolute atomic E-state index is 0.187. The zero-order chi connectivity index (χ0) is 10.7. The molecular formula is C13H18N2. The summed E-state index contributed by atoms with van der Waals surface area (Å²) >= 11 is 0. The highest BCUT2D eigenvalue weighted by atomic mass is 15.2. The lowest BCUT2D eigenvalue weighted by molar-refractivity contribution is 0.451. The van der Waals surface area contributed by atoms with Crippen molar-refractivity contribution in [2.24, 2.45) is 5.84 Å². The lowest BCUT2D eigenvalue weighted by Gasteiger charge is -2.30. The maximum Gasteiger partial charge on any atom is 0.0456 e. The van der Waals surface area contributed by atoms with Gasteiger partial charge in [0.2, 0.25) is 0 Å². The number of aryl methyl sites for hydroxylation is 1. The van der Waals surface area contributed by atoms with Gasteiger partial charge in [0.1, 0.15) is 0 Å². The number of hydrazine groups is 1. The Hall–Kier alpha value is -1.12. The number of hydrogen-bond donors (Lipinski definition) is 2. The molecule has 2 rings (SSSR count). The molecule has 0 heterocycles. The van der Waals surface area contributed by atoms with Gasteiger partial charge in [-0.05, 0) is 30.4 Å². The topological polar surface area (TPSA) is 38.0 Å². The van der Waals surface area contributed by atoms with Gasteiger partial charge in [0.05, 0.1) is 0 Å². The molecule has 0 aromatic heterocycles. The van der Waals surface area contributed by atoms with E-state index in [1.165, 1.54) is 30.4 Å². The Bertz CT molecular complexity index is 346. The second kappa shape index (κ2) is 4.60. The highest BCUT2D eigenvalue weighted by Gasteiger charge is 2.24. The van der Waals surface area contributed by atoms with E-state index in [0.29, 0.717) is 5.92 Å². The van der Waals surface area contributed by atoms with E-state index in [4.69, 9.17) is 5.84 Å². The molecule has 80 valence electrons. The first-order chi connectivity index (χ1) is 7.36. The molecule has 15 heavy (non-hydrogen) atoms. The molecule has 0 aliphatic heterocycles. The van der Waals surface area contributed by atoms with Crippen LogP contribution in [-0.2, 0) is 6.42 Å². The van der Waals surface area contributed by atoms with Crippen molar-refractivity contribution in [1.82, 2.24) is 5.43 Å². The Balaban J connectivity index is 2.32. The molecule has 0 saturated heterocycles. The SMILES string of the molecule is C=CC(NN)C1CCCc2ccccc21. The van der Waals surface area contributed by atoms with E-state index in [2.05, 4.69) is 36.3 Å². The zero-order valence-electron chi connectivity index (χ0n) is 8.95. The average molecular weight is 202 g/mol. The van der Waals surface area contributed by atoms with Crippen LogP contribution < -0.4 is 11.3 Å². The van der Waals surface area contributed by atoms with Crippen LogP contribution in [0.25, 0.3) is 0 Å². The van der Waals surface area contributed by atoms with Crippen LogP contribution in [0.3, 0.4) is 0 Å². The smallest absolute Gasteiger partial charge is 0.0456 e. The quantitative estimate of drug-likeness (QED) is 0.447. The van der Waals surface area contributed by atoms with Crippen LogP contribution >= 0.6 is 0 Å². The third kappa shape index (κ3) is 1.96. The number of fused-ring (bicyclic) bond motifs is 1. The molecule has 1 aromatic carbocycles. The van der Waals surface area contributed by atoms with E-state index in [0.717, 1.165) is 0 Å². The van der Waals surface area contributed by atoms with Crippen molar-refractivity contribution in [2.45, 2.75) is 31.2 Å². The Morgan fingerprint density at radius 3 is 3.00 bits per heavy atom. The van der Waals surface area contributed by atoms with Crippen molar-refractivity contribution in [2.75, 3.05) is 0 Å². The van der Waals surface area contributed by atoms with Gasteiger partial charge in [-0.3, -0.25) is 11.3 Å². The van der Waals surface area contributed by atoms with E-state index in [-0.39, 0.29) is 6.04 Å². The summed E-state index contributed by atoms with van der Waals surface area (Å²) in [6.45, 7) is 3.84. The minimum atomic E-state index is 0.187. The Labute approximate surface area is 91.2 Å². The molecule has 2 unspecified atom stereocenters. The Morgan fingerprint density at radius 2 is 2.27 bits per heavy atom. The molecule has 0 amide bonds. The first-order valence-corrected chi connectivity index (χ1v) is 5.53. The molecule has 0 fully saturated rings. The van der Waals surface area contributed by atoms with Crippen molar-refractivity contribution >= 4 is 0 Å². The summed E-state index contributed by atoms with van der Waals surface area (Å²) in [6.07, 6.45) is 5.54. The van der Waals surface area contributed by atoms with Crippen molar-refractivity contribution in [3.8, 4) is 0 Å². The predicted molar refractivity (Wildman–Crippen MR) is 63.4 cm³/mol. The summed E-state index contributed by atoms with van der Waals surface area (Å²) < 4.78 is 0. The summed E-state index contributed by atoms with van der Waals surface area (Å²) in [5, 5.41) is 0. The van der Waals surface area contributed by atoms with E-state index in [9.17, 15) is 0 Å². The van der Waals surface area contributed by atoms with Gasteiger partial charge in [0, 0.05) is 12.0 Å². The van der Waals surface area contributed by atoms with Crippen LogP contribution in [0.2, 0.25) is 0 Å². The Kier molecular flexibility index (Phi) is 3.19. The summed E-state index contributed by atoms with van der Waals surface area (Å²) in [5.74, 6) is 6.03. The number of benzene rings is 1. The molecular weight excluding hydrogens is 184 g/mol. The van der Waals surface area contributed by atoms with Crippen LogP contribution in [-0.4, -0.2) is 6.04 Å². The maximum absolute atomic E-state index is 5.55. The van der Waals surface area contributed by atoms with Crippen molar-refractivity contribution < 1.29 is 0 Å². The second-order valence-corrected chi connectivity index (χ2v) is 4.13. The average Bonchev–Trinajstić information content (AvgIpc) is 2.31. The van der Waals surface area contributed by atoms with Gasteiger partial charge < -0.3 is 0 Å². The molecule has 0 spiro atoms. The summed E-state index contributed by atoms with van der Waals surface area (Å²) in [6, 6.07) is 8.84. The van der Waals surface area contributed by atoms with Gasteiger partial charge in [0.25, 0.3) is 0 Å². The molecule has 2 heteroatoms. The molecule has 1 aliphatic carbocycles. The fourth-order valence-corrected chi connectivity index (χ4v) is 2.51. The molecule has 2 nitrogen and oxygen atoms in total. The number of nitrogens with one attached hydrogen (secondary N) is 1. The van der Waals surface area contributed by atoms with Crippen LogP contribution in [0.1, 0.15) is 29.9 Å². The molecule has 0 radical (unpaired) electrons. The second-order valence-electron chi connectivity index (χ2n) is 4.13. The number of nitrogens with two attached hydrogens (primary N) is 1. The van der Waals surface area contributed by atoms with Crippen LogP contribution in [0, 0.1) is 0 Å². The van der Waals surface area contributed by atoms with E-state index in [1.54, 1.807) is 0 Å². The molecule has 1 aliphatic rings. The van der Waals surface area contributed by atoms with Gasteiger partial charge in [-0.2, -0.15) is 0 Å². The van der Waals surface area contributed by atoms with Gasteiger partial charge in [0.15, 0.2) is 0 Å². The first-order valence-electron chi connectivity index (χ1n) is 5.53. The molecule has 1 aromatic rings. The molecule has 0 bridgehead atoms. The highest BCUT2D eigenvalue weighted by molar-refractivity contribution is 5.34. The van der Waals surface area contributed by atoms with Crippen molar-refractivity contribution in [3.63, 3.8) is 0 Å². The summed E-state index contributed by atoms with van der Waals surface area (Å²) in [5.41, 5.74) is 5.75. The predicted octanol–water partition coefficient (Wildman–Crippen LogP) is 2.12. The van der Waals surface area contributed by atoms with E-state index < -0.39 is 0 Å². The minimum Gasteiger partial charge on any atom is -0.271 e. The largest absolute Gasteiger partial charge is 0.271 e. The van der Waals surface area contributed by atoms with Crippen LogP contribution in [0.4, 0.5) is 0 Å². The first kappa shape index (κ1) is 10.4. The fraction of sp³-hybridized carbons (Fsp3) is 0.385. The summed E-state index contributed by atoms with van der Waals surface area (Å²) in [4.78, 5) is 0. The normalized spacial score (nSPS) is 21.8. The summed E-state index contributed by atoms with van der Waals surface area (Å²) in [7, 11) is 0. The molecule has 2 atom stereocenters. The lowest BCUT2D eigenvalue weighted by atomic mass is 9.79. The van der Waals surface area contributed by atoms with Crippen molar-refractivity contribution in [3.05, 3.63) is 48.0 Å². The maximum atomic E-state index is 5.55. The molecule has 0 saturated carbocycles. The van der Waals surface area contributed by atoms with Crippen LogP contribution in [0.5, 0.6) is 0 Å². The van der Waals surface area contributed by atoms with Crippen LogP contribution in [0.15, 0.2) is 36.9 Å². The van der Waals surface area contributed by atoms with Crippen molar-refractivity contribution in [1.29, 1.82) is 0 Å². The van der Waals surface area contributed by atoms with E-state index in [1.807, 2.05) is 6.08 Å².